The molecule has 3 nitrogen and oxygen atoms in total. The summed E-state index contributed by atoms with van der Waals surface area (Å²) >= 11 is 10.6. The van der Waals surface area contributed by atoms with E-state index in [9.17, 15) is 8.42 Å². The topological polar surface area (TPSA) is 46.2 Å². The molecular weight excluding hydrogens is 346 g/mol. The molecule has 0 aromatic carbocycles. The third kappa shape index (κ3) is 2.71. The van der Waals surface area contributed by atoms with Crippen LogP contribution in [0.5, 0.6) is 0 Å². The van der Waals surface area contributed by atoms with Gasteiger partial charge in [0.05, 0.1) is 8.68 Å². The first-order valence-electron chi connectivity index (χ1n) is 5.24. The van der Waals surface area contributed by atoms with Crippen molar-refractivity contribution in [1.29, 1.82) is 0 Å². The molecule has 17 heavy (non-hydrogen) atoms. The van der Waals surface area contributed by atoms with Crippen LogP contribution < -0.4 is 4.72 Å². The van der Waals surface area contributed by atoms with Crippen LogP contribution in [0.3, 0.4) is 0 Å². The van der Waals surface area contributed by atoms with E-state index >= 15 is 0 Å². The van der Waals surface area contributed by atoms with Crippen molar-refractivity contribution in [3.63, 3.8) is 0 Å². The highest BCUT2D eigenvalue weighted by atomic mass is 79.9. The fourth-order valence-electron chi connectivity index (χ4n) is 1.90. The molecule has 1 heterocycles. The van der Waals surface area contributed by atoms with E-state index in [1.807, 2.05) is 0 Å². The Morgan fingerprint density at radius 3 is 2.59 bits per heavy atom. The summed E-state index contributed by atoms with van der Waals surface area (Å²) in [5.41, 5.74) is -0.429. The van der Waals surface area contributed by atoms with Gasteiger partial charge in [-0.05, 0) is 48.2 Å². The van der Waals surface area contributed by atoms with Crippen LogP contribution in [-0.2, 0) is 10.0 Å². The molecule has 1 aliphatic carbocycles. The number of thiophene rings is 1. The summed E-state index contributed by atoms with van der Waals surface area (Å²) in [5.74, 6) is 0.330. The number of rotatable bonds is 4. The van der Waals surface area contributed by atoms with Gasteiger partial charge < -0.3 is 0 Å². The summed E-state index contributed by atoms with van der Waals surface area (Å²) in [6.45, 7) is 1.80. The molecule has 1 aromatic heterocycles. The third-order valence-corrected chi connectivity index (χ3v) is 6.95. The summed E-state index contributed by atoms with van der Waals surface area (Å²) in [7, 11) is -3.45. The minimum atomic E-state index is -3.45. The van der Waals surface area contributed by atoms with E-state index in [4.69, 9.17) is 11.6 Å². The molecule has 0 unspecified atom stereocenters. The minimum absolute atomic E-state index is 0.330. The lowest BCUT2D eigenvalue weighted by molar-refractivity contribution is 0.252. The molecule has 96 valence electrons. The molecule has 1 aromatic rings. The van der Waals surface area contributed by atoms with E-state index in [0.29, 0.717) is 10.8 Å². The molecule has 0 amide bonds. The smallest absolute Gasteiger partial charge is 0.207 e. The summed E-state index contributed by atoms with van der Waals surface area (Å²) in [4.78, 5) is 1.14. The van der Waals surface area contributed by atoms with Gasteiger partial charge >= 0.3 is 0 Å². The highest BCUT2D eigenvalue weighted by Gasteiger charge is 2.40. The number of aryl methyl sites for hydroxylation is 1. The zero-order valence-corrected chi connectivity index (χ0v) is 13.3. The predicted molar refractivity (Wildman–Crippen MR) is 74.4 cm³/mol. The highest BCUT2D eigenvalue weighted by molar-refractivity contribution is 9.11. The Labute approximate surface area is 119 Å². The second-order valence-electron chi connectivity index (χ2n) is 4.34. The van der Waals surface area contributed by atoms with Crippen LogP contribution in [0.25, 0.3) is 0 Å². The Kier molecular flexibility index (Phi) is 3.91. The van der Waals surface area contributed by atoms with Crippen molar-refractivity contribution in [1.82, 2.24) is 4.72 Å². The first-order chi connectivity index (χ1) is 7.88. The van der Waals surface area contributed by atoms with Crippen LogP contribution >= 0.6 is 38.9 Å². The Morgan fingerprint density at radius 1 is 1.59 bits per heavy atom. The first-order valence-corrected chi connectivity index (χ1v) is 8.87. The molecule has 0 radical (unpaired) electrons. The number of hydrogen-bond donors (Lipinski definition) is 1. The van der Waals surface area contributed by atoms with Crippen LogP contribution in [0.1, 0.15) is 24.1 Å². The molecule has 1 aliphatic rings. The van der Waals surface area contributed by atoms with Gasteiger partial charge in [-0.25, -0.2) is 13.1 Å². The maximum Gasteiger partial charge on any atom is 0.242 e. The minimum Gasteiger partial charge on any atom is -0.207 e. The van der Waals surface area contributed by atoms with E-state index in [1.54, 1.807) is 13.0 Å². The largest absolute Gasteiger partial charge is 0.242 e. The first kappa shape index (κ1) is 13.8. The van der Waals surface area contributed by atoms with Gasteiger partial charge in [-0.15, -0.1) is 22.9 Å². The third-order valence-electron chi connectivity index (χ3n) is 3.05. The van der Waals surface area contributed by atoms with Gasteiger partial charge in [0.1, 0.15) is 0 Å². The number of sulfonamides is 1. The average Bonchev–Trinajstić information content (AvgIpc) is 2.52. The van der Waals surface area contributed by atoms with E-state index in [0.717, 1.165) is 27.9 Å². The maximum absolute atomic E-state index is 12.2. The fourth-order valence-corrected chi connectivity index (χ4v) is 6.19. The molecule has 1 saturated carbocycles. The fraction of sp³-hybridized carbons (Fsp3) is 0.600. The van der Waals surface area contributed by atoms with E-state index < -0.39 is 15.6 Å². The van der Waals surface area contributed by atoms with Gasteiger partial charge in [-0.3, -0.25) is 0 Å². The average molecular weight is 359 g/mol. The number of halogens is 2. The zero-order chi connectivity index (χ0) is 12.7. The van der Waals surface area contributed by atoms with Crippen molar-refractivity contribution in [2.45, 2.75) is 36.6 Å². The van der Waals surface area contributed by atoms with Crippen LogP contribution in [0.2, 0.25) is 0 Å². The van der Waals surface area contributed by atoms with Gasteiger partial charge in [0.2, 0.25) is 10.0 Å². The molecule has 0 bridgehead atoms. The lowest BCUT2D eigenvalue weighted by Gasteiger charge is -2.40. The van der Waals surface area contributed by atoms with Crippen LogP contribution in [0.15, 0.2) is 14.7 Å². The molecule has 0 atom stereocenters. The lowest BCUT2D eigenvalue weighted by Crippen LogP contribution is -2.54. The molecule has 0 spiro atoms. The summed E-state index contributed by atoms with van der Waals surface area (Å²) in [6, 6.07) is 1.64. The summed E-state index contributed by atoms with van der Waals surface area (Å²) in [6.07, 6.45) is 2.67. The molecular formula is C10H13BrClNO2S2. The van der Waals surface area contributed by atoms with Crippen LogP contribution in [-0.4, -0.2) is 19.8 Å². The van der Waals surface area contributed by atoms with Crippen molar-refractivity contribution in [3.05, 3.63) is 14.7 Å². The van der Waals surface area contributed by atoms with E-state index in [1.165, 1.54) is 11.3 Å². The monoisotopic (exact) mass is 357 g/mol. The van der Waals surface area contributed by atoms with Gasteiger partial charge in [0, 0.05) is 16.3 Å². The molecule has 7 heteroatoms. The van der Waals surface area contributed by atoms with Crippen molar-refractivity contribution in [3.8, 4) is 0 Å². The van der Waals surface area contributed by atoms with Gasteiger partial charge in [0.25, 0.3) is 0 Å². The maximum atomic E-state index is 12.2. The highest BCUT2D eigenvalue weighted by Crippen LogP contribution is 2.36. The molecule has 2 rings (SSSR count). The van der Waals surface area contributed by atoms with Crippen molar-refractivity contribution in [2.75, 3.05) is 5.88 Å². The number of alkyl halides is 1. The predicted octanol–water partition coefficient (Wildman–Crippen LogP) is 3.26. The number of hydrogen-bond acceptors (Lipinski definition) is 3. The van der Waals surface area contributed by atoms with Crippen molar-refractivity contribution < 1.29 is 8.42 Å². The Balaban J connectivity index is 2.28. The van der Waals surface area contributed by atoms with Gasteiger partial charge in [0.15, 0.2) is 0 Å². The zero-order valence-electron chi connectivity index (χ0n) is 9.29. The van der Waals surface area contributed by atoms with Crippen molar-refractivity contribution in [2.24, 2.45) is 0 Å². The van der Waals surface area contributed by atoms with Gasteiger partial charge in [-0.2, -0.15) is 0 Å². The van der Waals surface area contributed by atoms with Gasteiger partial charge in [-0.1, -0.05) is 0 Å². The quantitative estimate of drug-likeness (QED) is 0.840. The van der Waals surface area contributed by atoms with Crippen LogP contribution in [0.4, 0.5) is 0 Å². The molecule has 0 aliphatic heterocycles. The lowest BCUT2D eigenvalue weighted by atomic mass is 9.79. The summed E-state index contributed by atoms with van der Waals surface area (Å²) < 4.78 is 28.1. The Bertz CT molecular complexity index is 517. The standard InChI is InChI=1S/C10H13BrClNO2S2/c1-7-8(5-9(11)16-7)17(14,15)13-10(6-12)3-2-4-10/h5,13H,2-4,6H2,1H3. The molecule has 0 saturated heterocycles. The second-order valence-corrected chi connectivity index (χ2v) is 8.90. The van der Waals surface area contributed by atoms with E-state index in [-0.39, 0.29) is 0 Å². The summed E-state index contributed by atoms with van der Waals surface area (Å²) in [5, 5.41) is 0. The van der Waals surface area contributed by atoms with Crippen molar-refractivity contribution >= 4 is 48.9 Å². The Morgan fingerprint density at radius 2 is 2.24 bits per heavy atom. The molecule has 1 N–H and O–H groups in total. The van der Waals surface area contributed by atoms with E-state index in [2.05, 4.69) is 20.7 Å². The second kappa shape index (κ2) is 4.81. The Hall–Kier alpha value is 0.380. The SMILES string of the molecule is Cc1sc(Br)cc1S(=O)(=O)NC1(CCl)CCC1. The number of nitrogens with one attached hydrogen (secondary N) is 1. The van der Waals surface area contributed by atoms with Crippen LogP contribution in [0, 0.1) is 6.92 Å². The molecule has 1 fully saturated rings. The normalized spacial score (nSPS) is 19.0.